The number of anilines is 1. The molecule has 2 aromatic carbocycles. The minimum Gasteiger partial charge on any atom is -0.497 e. The van der Waals surface area contributed by atoms with Gasteiger partial charge in [0.05, 0.1) is 23.7 Å². The normalized spacial score (nSPS) is 12.2. The van der Waals surface area contributed by atoms with Crippen molar-refractivity contribution in [1.29, 1.82) is 0 Å². The summed E-state index contributed by atoms with van der Waals surface area (Å²) in [7, 11) is 1.58. The molecule has 2 aromatic rings. The summed E-state index contributed by atoms with van der Waals surface area (Å²) in [6.07, 6.45) is -4.54. The summed E-state index contributed by atoms with van der Waals surface area (Å²) >= 11 is 10.7. The van der Waals surface area contributed by atoms with Gasteiger partial charge in [-0.3, -0.25) is 0 Å². The summed E-state index contributed by atoms with van der Waals surface area (Å²) < 4.78 is 49.4. The molecule has 0 radical (unpaired) electrons. The molecule has 0 spiro atoms. The first-order valence-electron chi connectivity index (χ1n) is 7.90. The van der Waals surface area contributed by atoms with Crippen LogP contribution in [-0.2, 0) is 6.18 Å². The molecule has 2 rings (SSSR count). The highest BCUT2D eigenvalue weighted by atomic mass is 35.5. The fourth-order valence-corrected chi connectivity index (χ4v) is 2.69. The van der Waals surface area contributed by atoms with Crippen molar-refractivity contribution in [3.63, 3.8) is 0 Å². The second kappa shape index (κ2) is 9.14. The summed E-state index contributed by atoms with van der Waals surface area (Å²) in [5, 5.41) is 5.48. The molecule has 0 saturated carbocycles. The molecule has 0 aliphatic rings. The van der Waals surface area contributed by atoms with Crippen LogP contribution in [0.3, 0.4) is 0 Å². The van der Waals surface area contributed by atoms with Gasteiger partial charge in [0.2, 0.25) is 0 Å². The molecular weight excluding hydrogens is 401 g/mol. The van der Waals surface area contributed by atoms with Gasteiger partial charge >= 0.3 is 6.18 Å². The molecule has 4 nitrogen and oxygen atoms in total. The Morgan fingerprint density at radius 3 is 2.37 bits per heavy atom. The van der Waals surface area contributed by atoms with Crippen molar-refractivity contribution in [3.8, 4) is 11.5 Å². The summed E-state index contributed by atoms with van der Waals surface area (Å²) in [5.74, 6) is 1.39. The molecule has 0 bridgehead atoms. The van der Waals surface area contributed by atoms with Gasteiger partial charge < -0.3 is 20.1 Å². The lowest BCUT2D eigenvalue weighted by molar-refractivity contribution is -0.137. The van der Waals surface area contributed by atoms with Crippen molar-refractivity contribution in [1.82, 2.24) is 5.32 Å². The maximum atomic E-state index is 12.9. The minimum absolute atomic E-state index is 0.177. The lowest BCUT2D eigenvalue weighted by Gasteiger charge is -2.18. The van der Waals surface area contributed by atoms with Gasteiger partial charge in [0.15, 0.2) is 5.11 Å². The zero-order chi connectivity index (χ0) is 20.0. The molecule has 0 saturated heterocycles. The number of hydrogen-bond donors (Lipinski definition) is 2. The van der Waals surface area contributed by atoms with Crippen LogP contribution in [0.5, 0.6) is 11.5 Å². The number of ether oxygens (including phenoxy) is 2. The zero-order valence-corrected chi connectivity index (χ0v) is 16.1. The molecule has 0 aliphatic heterocycles. The van der Waals surface area contributed by atoms with Crippen molar-refractivity contribution in [2.75, 3.05) is 19.0 Å². The number of benzene rings is 2. The molecule has 1 atom stereocenters. The lowest BCUT2D eigenvalue weighted by atomic mass is 10.2. The summed E-state index contributed by atoms with van der Waals surface area (Å²) in [6, 6.07) is 10.4. The molecule has 146 valence electrons. The quantitative estimate of drug-likeness (QED) is 0.637. The van der Waals surface area contributed by atoms with E-state index in [1.165, 1.54) is 12.1 Å². The first-order chi connectivity index (χ1) is 12.7. The Bertz CT molecular complexity index is 785. The van der Waals surface area contributed by atoms with Crippen LogP contribution in [0.15, 0.2) is 42.5 Å². The molecule has 0 amide bonds. The van der Waals surface area contributed by atoms with Gasteiger partial charge in [-0.15, -0.1) is 0 Å². The third-order valence-electron chi connectivity index (χ3n) is 3.47. The van der Waals surface area contributed by atoms with Crippen molar-refractivity contribution in [2.45, 2.75) is 19.1 Å². The Kier molecular flexibility index (Phi) is 7.15. The number of halogens is 4. The smallest absolute Gasteiger partial charge is 0.417 e. The lowest BCUT2D eigenvalue weighted by Crippen LogP contribution is -2.39. The first kappa shape index (κ1) is 21.1. The van der Waals surface area contributed by atoms with E-state index in [9.17, 15) is 13.2 Å². The average molecular weight is 419 g/mol. The molecule has 9 heteroatoms. The number of rotatable bonds is 6. The highest BCUT2D eigenvalue weighted by molar-refractivity contribution is 7.80. The Morgan fingerprint density at radius 1 is 1.15 bits per heavy atom. The molecule has 0 heterocycles. The summed E-state index contributed by atoms with van der Waals surface area (Å²) in [4.78, 5) is 0. The van der Waals surface area contributed by atoms with Crippen molar-refractivity contribution in [2.24, 2.45) is 0 Å². The predicted octanol–water partition coefficient (Wildman–Crippen LogP) is 5.12. The standard InChI is InChI=1S/C18H18ClF3N2O2S/c1-11(10-26-14-6-4-13(25-2)5-7-14)23-17(27)24-12-3-8-16(19)15(9-12)18(20,21)22/h3-9,11H,10H2,1-2H3,(H2,23,24,27). The molecule has 0 fully saturated rings. The third kappa shape index (κ3) is 6.48. The van der Waals surface area contributed by atoms with E-state index in [-0.39, 0.29) is 21.9 Å². The van der Waals surface area contributed by atoms with Gasteiger partial charge in [-0.1, -0.05) is 11.6 Å². The van der Waals surface area contributed by atoms with Crippen LogP contribution in [0, 0.1) is 0 Å². The van der Waals surface area contributed by atoms with Crippen LogP contribution in [-0.4, -0.2) is 24.9 Å². The van der Waals surface area contributed by atoms with E-state index in [1.807, 2.05) is 6.92 Å². The summed E-state index contributed by atoms with van der Waals surface area (Å²) in [5.41, 5.74) is -0.736. The number of hydrogen-bond acceptors (Lipinski definition) is 3. The van der Waals surface area contributed by atoms with Crippen LogP contribution in [0.1, 0.15) is 12.5 Å². The second-order valence-electron chi connectivity index (χ2n) is 5.68. The number of alkyl halides is 3. The van der Waals surface area contributed by atoms with Gasteiger partial charge in [-0.25, -0.2) is 0 Å². The van der Waals surface area contributed by atoms with Crippen LogP contribution >= 0.6 is 23.8 Å². The van der Waals surface area contributed by atoms with Crippen molar-refractivity contribution < 1.29 is 22.6 Å². The highest BCUT2D eigenvalue weighted by Gasteiger charge is 2.33. The van der Waals surface area contributed by atoms with Crippen LogP contribution in [0.25, 0.3) is 0 Å². The van der Waals surface area contributed by atoms with Gasteiger partial charge in [-0.05, 0) is 61.6 Å². The Balaban J connectivity index is 1.87. The zero-order valence-electron chi connectivity index (χ0n) is 14.6. The Morgan fingerprint density at radius 2 is 1.78 bits per heavy atom. The number of methoxy groups -OCH3 is 1. The van der Waals surface area contributed by atoms with E-state index in [4.69, 9.17) is 33.3 Å². The molecule has 0 aliphatic carbocycles. The van der Waals surface area contributed by atoms with E-state index >= 15 is 0 Å². The van der Waals surface area contributed by atoms with E-state index in [0.29, 0.717) is 12.4 Å². The maximum absolute atomic E-state index is 12.9. The topological polar surface area (TPSA) is 42.5 Å². The number of nitrogens with one attached hydrogen (secondary N) is 2. The van der Waals surface area contributed by atoms with Crippen LogP contribution < -0.4 is 20.1 Å². The van der Waals surface area contributed by atoms with Gasteiger partial charge in [0, 0.05) is 5.69 Å². The SMILES string of the molecule is COc1ccc(OCC(C)NC(=S)Nc2ccc(Cl)c(C(F)(F)F)c2)cc1. The maximum Gasteiger partial charge on any atom is 0.417 e. The number of thiocarbonyl (C=S) groups is 1. The molecule has 1 unspecified atom stereocenters. The second-order valence-corrected chi connectivity index (χ2v) is 6.49. The van der Waals surface area contributed by atoms with Crippen molar-refractivity contribution in [3.05, 3.63) is 53.1 Å². The van der Waals surface area contributed by atoms with E-state index < -0.39 is 11.7 Å². The fraction of sp³-hybridized carbons (Fsp3) is 0.278. The van der Waals surface area contributed by atoms with Crippen LogP contribution in [0.4, 0.5) is 18.9 Å². The van der Waals surface area contributed by atoms with Gasteiger partial charge in [0.25, 0.3) is 0 Å². The van der Waals surface area contributed by atoms with Crippen LogP contribution in [0.2, 0.25) is 5.02 Å². The predicted molar refractivity (Wildman–Crippen MR) is 104 cm³/mol. The molecule has 27 heavy (non-hydrogen) atoms. The summed E-state index contributed by atoms with van der Waals surface area (Å²) in [6.45, 7) is 2.14. The molecule has 0 aromatic heterocycles. The molecule has 2 N–H and O–H groups in total. The monoisotopic (exact) mass is 418 g/mol. The Labute approximate surface area is 165 Å². The largest absolute Gasteiger partial charge is 0.497 e. The minimum atomic E-state index is -4.54. The van der Waals surface area contributed by atoms with E-state index in [0.717, 1.165) is 11.8 Å². The van der Waals surface area contributed by atoms with E-state index in [1.54, 1.807) is 31.4 Å². The highest BCUT2D eigenvalue weighted by Crippen LogP contribution is 2.36. The third-order valence-corrected chi connectivity index (χ3v) is 4.02. The van der Waals surface area contributed by atoms with E-state index in [2.05, 4.69) is 10.6 Å². The first-order valence-corrected chi connectivity index (χ1v) is 8.69. The Hall–Kier alpha value is -2.19. The van der Waals surface area contributed by atoms with Gasteiger partial charge in [0.1, 0.15) is 18.1 Å². The fourth-order valence-electron chi connectivity index (χ4n) is 2.15. The van der Waals surface area contributed by atoms with Gasteiger partial charge in [-0.2, -0.15) is 13.2 Å². The van der Waals surface area contributed by atoms with Crippen molar-refractivity contribution >= 4 is 34.6 Å². The average Bonchev–Trinajstić information content (AvgIpc) is 2.61. The molecular formula is C18H18ClF3N2O2S.